The molecular formula is C33H36FN3O5. The Morgan fingerprint density at radius 1 is 1.12 bits per heavy atom. The third-order valence-electron chi connectivity index (χ3n) is 8.01. The zero-order chi connectivity index (χ0) is 29.6. The van der Waals surface area contributed by atoms with Crippen LogP contribution in [-0.4, -0.2) is 40.5 Å². The Balaban J connectivity index is 1.36. The molecule has 1 unspecified atom stereocenters. The number of nitrogens with zero attached hydrogens (tertiary/aromatic N) is 2. The van der Waals surface area contributed by atoms with Crippen LogP contribution in [0.25, 0.3) is 11.0 Å². The van der Waals surface area contributed by atoms with Crippen LogP contribution < -0.4 is 10.1 Å². The zero-order valence-corrected chi connectivity index (χ0v) is 23.9. The smallest absolute Gasteiger partial charge is 0.305 e. The lowest BCUT2D eigenvalue weighted by atomic mass is 9.82. The number of carboxylic acids is 1. The van der Waals surface area contributed by atoms with E-state index in [0.29, 0.717) is 22.8 Å². The second kappa shape index (κ2) is 13.1. The topological polar surface area (TPSA) is 105 Å². The van der Waals surface area contributed by atoms with Gasteiger partial charge in [-0.25, -0.2) is 4.98 Å². The van der Waals surface area contributed by atoms with E-state index in [1.54, 1.807) is 25.2 Å². The summed E-state index contributed by atoms with van der Waals surface area (Å²) < 4.78 is 25.9. The highest BCUT2D eigenvalue weighted by Gasteiger charge is 2.30. The van der Waals surface area contributed by atoms with Crippen molar-refractivity contribution in [2.24, 2.45) is 5.92 Å². The number of carboxylic acid groups (broad SMARTS) is 1. The van der Waals surface area contributed by atoms with Gasteiger partial charge >= 0.3 is 5.97 Å². The fraction of sp³-hybridized carbons (Fsp3) is 0.364. The first-order valence-electron chi connectivity index (χ1n) is 14.4. The number of hydrogen-bond donors (Lipinski definition) is 2. The number of aliphatic carboxylic acids is 1. The summed E-state index contributed by atoms with van der Waals surface area (Å²) in [7, 11) is 1.61. The van der Waals surface area contributed by atoms with E-state index in [-0.39, 0.29) is 31.5 Å². The molecule has 8 nitrogen and oxygen atoms in total. The number of halogens is 1. The van der Waals surface area contributed by atoms with E-state index in [4.69, 9.17) is 14.3 Å². The van der Waals surface area contributed by atoms with Crippen LogP contribution in [0.4, 0.5) is 10.1 Å². The Bertz CT molecular complexity index is 1550. The second-order valence-corrected chi connectivity index (χ2v) is 11.0. The lowest BCUT2D eigenvalue weighted by Gasteiger charge is -2.31. The van der Waals surface area contributed by atoms with Gasteiger partial charge in [0.15, 0.2) is 0 Å². The van der Waals surface area contributed by atoms with Crippen molar-refractivity contribution in [3.05, 3.63) is 89.2 Å². The molecular weight excluding hydrogens is 537 g/mol. The molecule has 0 aliphatic heterocycles. The molecule has 2 N–H and O–H groups in total. The van der Waals surface area contributed by atoms with Gasteiger partial charge in [0.05, 0.1) is 12.5 Å². The Kier molecular flexibility index (Phi) is 9.05. The van der Waals surface area contributed by atoms with Gasteiger partial charge in [-0.15, -0.1) is 0 Å². The van der Waals surface area contributed by atoms with E-state index in [1.807, 2.05) is 30.3 Å². The fourth-order valence-electron chi connectivity index (χ4n) is 5.64. The molecule has 1 saturated carbocycles. The highest BCUT2D eigenvalue weighted by molar-refractivity contribution is 5.94. The minimum absolute atomic E-state index is 0.0540. The number of anilines is 1. The normalized spacial score (nSPS) is 14.5. The first-order valence-corrected chi connectivity index (χ1v) is 14.4. The van der Waals surface area contributed by atoms with Crippen molar-refractivity contribution >= 4 is 28.5 Å². The predicted octanol–water partition coefficient (Wildman–Crippen LogP) is 7.13. The molecule has 1 aliphatic carbocycles. The van der Waals surface area contributed by atoms with Crippen molar-refractivity contribution in [1.82, 2.24) is 9.88 Å². The van der Waals surface area contributed by atoms with E-state index in [0.717, 1.165) is 40.8 Å². The van der Waals surface area contributed by atoms with Crippen LogP contribution in [0.15, 0.2) is 65.2 Å². The van der Waals surface area contributed by atoms with E-state index >= 15 is 0 Å². The van der Waals surface area contributed by atoms with Gasteiger partial charge < -0.3 is 24.5 Å². The number of hydrogen-bond acceptors (Lipinski definition) is 6. The molecule has 1 amide bonds. The third-order valence-corrected chi connectivity index (χ3v) is 8.01. The van der Waals surface area contributed by atoms with E-state index in [9.17, 15) is 14.0 Å². The molecule has 2 aromatic heterocycles. The largest absolute Gasteiger partial charge is 0.489 e. The summed E-state index contributed by atoms with van der Waals surface area (Å²) in [6.45, 7) is 2.45. The molecule has 1 aliphatic rings. The Hall–Kier alpha value is -4.40. The van der Waals surface area contributed by atoms with Crippen molar-refractivity contribution in [3.63, 3.8) is 0 Å². The van der Waals surface area contributed by atoms with Gasteiger partial charge in [-0.2, -0.15) is 4.39 Å². The minimum atomic E-state index is -0.936. The average Bonchev–Trinajstić information content (AvgIpc) is 3.33. The average molecular weight is 574 g/mol. The molecule has 9 heteroatoms. The van der Waals surface area contributed by atoms with Crippen LogP contribution in [0, 0.1) is 18.8 Å². The molecule has 2 heterocycles. The SMILES string of the molecule is Cc1c(C(Nc2ccc(C(=O)N(C)CCC(=O)O)cc2)C2CCCCC2)oc2ccc(OCc3ccnc(F)c3)cc12. The van der Waals surface area contributed by atoms with Crippen molar-refractivity contribution < 1.29 is 28.2 Å². The molecule has 0 saturated heterocycles. The van der Waals surface area contributed by atoms with Crippen LogP contribution >= 0.6 is 0 Å². The van der Waals surface area contributed by atoms with Crippen LogP contribution in [0.2, 0.25) is 0 Å². The number of ether oxygens (including phenoxy) is 1. The second-order valence-electron chi connectivity index (χ2n) is 11.0. The maximum absolute atomic E-state index is 13.5. The first kappa shape index (κ1) is 29.1. The molecule has 0 radical (unpaired) electrons. The number of furan rings is 1. The summed E-state index contributed by atoms with van der Waals surface area (Å²) in [6.07, 6.45) is 7.09. The number of carbonyl (C=O) groups is 2. The summed E-state index contributed by atoms with van der Waals surface area (Å²) in [5.74, 6) is 0.261. The Morgan fingerprint density at radius 3 is 2.60 bits per heavy atom. The minimum Gasteiger partial charge on any atom is -0.489 e. The fourth-order valence-corrected chi connectivity index (χ4v) is 5.64. The van der Waals surface area contributed by atoms with E-state index in [1.165, 1.54) is 36.4 Å². The van der Waals surface area contributed by atoms with Gasteiger partial charge in [0.2, 0.25) is 5.95 Å². The molecule has 0 spiro atoms. The number of amides is 1. The quantitative estimate of drug-likeness (QED) is 0.184. The third kappa shape index (κ3) is 6.90. The molecule has 2 aromatic carbocycles. The molecule has 1 fully saturated rings. The summed E-state index contributed by atoms with van der Waals surface area (Å²) in [4.78, 5) is 28.6. The number of rotatable bonds is 11. The van der Waals surface area contributed by atoms with Crippen molar-refractivity contribution in [1.29, 1.82) is 0 Å². The van der Waals surface area contributed by atoms with Gasteiger partial charge in [-0.3, -0.25) is 9.59 Å². The monoisotopic (exact) mass is 573 g/mol. The maximum Gasteiger partial charge on any atom is 0.305 e. The first-order chi connectivity index (χ1) is 20.3. The number of nitrogens with one attached hydrogen (secondary N) is 1. The van der Waals surface area contributed by atoms with Crippen LogP contribution in [0.1, 0.15) is 71.8 Å². The molecule has 220 valence electrons. The number of fused-ring (bicyclic) bond motifs is 1. The lowest BCUT2D eigenvalue weighted by molar-refractivity contribution is -0.137. The van der Waals surface area contributed by atoms with Gasteiger partial charge in [-0.05, 0) is 85.8 Å². The summed E-state index contributed by atoms with van der Waals surface area (Å²) in [6, 6.07) is 16.1. The van der Waals surface area contributed by atoms with Crippen molar-refractivity contribution in [2.45, 2.75) is 58.1 Å². The van der Waals surface area contributed by atoms with Gasteiger partial charge in [0, 0.05) is 42.0 Å². The van der Waals surface area contributed by atoms with E-state index < -0.39 is 11.9 Å². The van der Waals surface area contributed by atoms with Crippen LogP contribution in [0.5, 0.6) is 5.75 Å². The number of aryl methyl sites for hydroxylation is 1. The highest BCUT2D eigenvalue weighted by atomic mass is 19.1. The molecule has 1 atom stereocenters. The Labute approximate surface area is 244 Å². The molecule has 42 heavy (non-hydrogen) atoms. The van der Waals surface area contributed by atoms with E-state index in [2.05, 4.69) is 17.2 Å². The van der Waals surface area contributed by atoms with Gasteiger partial charge in [0.25, 0.3) is 5.91 Å². The number of pyridine rings is 1. The predicted molar refractivity (Wildman–Crippen MR) is 158 cm³/mol. The highest BCUT2D eigenvalue weighted by Crippen LogP contribution is 2.41. The van der Waals surface area contributed by atoms with Gasteiger partial charge in [0.1, 0.15) is 23.7 Å². The zero-order valence-electron chi connectivity index (χ0n) is 23.9. The molecule has 5 rings (SSSR count). The summed E-state index contributed by atoms with van der Waals surface area (Å²) in [5.41, 5.74) is 3.90. The maximum atomic E-state index is 13.5. The Morgan fingerprint density at radius 2 is 1.88 bits per heavy atom. The molecule has 0 bridgehead atoms. The molecule has 4 aromatic rings. The standard InChI is InChI=1S/C33H36FN3O5/c1-21-27-19-26(41-20-22-14-16-35-29(34)18-22)12-13-28(27)42-32(21)31(23-6-4-3-5-7-23)36-25-10-8-24(9-11-25)33(40)37(2)17-15-30(38)39/h8-14,16,18-19,23,31,36H,3-7,15,17,20H2,1-2H3,(H,38,39). The summed E-state index contributed by atoms with van der Waals surface area (Å²) >= 11 is 0. The van der Waals surface area contributed by atoms with Crippen molar-refractivity contribution in [3.8, 4) is 5.75 Å². The number of carbonyl (C=O) groups excluding carboxylic acids is 1. The van der Waals surface area contributed by atoms with Crippen molar-refractivity contribution in [2.75, 3.05) is 18.9 Å². The summed E-state index contributed by atoms with van der Waals surface area (Å²) in [5, 5.41) is 13.6. The number of aromatic nitrogens is 1. The lowest BCUT2D eigenvalue weighted by Crippen LogP contribution is -2.29. The van der Waals surface area contributed by atoms with Crippen LogP contribution in [-0.2, 0) is 11.4 Å². The van der Waals surface area contributed by atoms with Gasteiger partial charge in [-0.1, -0.05) is 19.3 Å². The number of benzene rings is 2. The van der Waals surface area contributed by atoms with Crippen LogP contribution in [0.3, 0.4) is 0 Å².